The molecule has 0 heterocycles. The van der Waals surface area contributed by atoms with Crippen molar-refractivity contribution in [1.29, 1.82) is 0 Å². The summed E-state index contributed by atoms with van der Waals surface area (Å²) in [5, 5.41) is 3.34. The van der Waals surface area contributed by atoms with Gasteiger partial charge in [0, 0.05) is 0 Å². The van der Waals surface area contributed by atoms with Crippen LogP contribution in [0, 0.1) is 0 Å². The van der Waals surface area contributed by atoms with E-state index in [9.17, 15) is 25.9 Å². The standard InChI is InChI=1S/2C10H8O3S.2C3H9N3/c2*11-14(12,13)10-6-5-8-3-1-2-4-9(8)7-10;2*1-2-6-3(4)5/h2*1-7H,(H,11,12,13);2*2H2,1H3,(H4,4,5,6). The molecule has 12 nitrogen and oxygen atoms in total. The van der Waals surface area contributed by atoms with E-state index in [2.05, 4.69) is 9.98 Å². The molecule has 0 aliphatic carbocycles. The maximum atomic E-state index is 10.7. The molecule has 0 aliphatic heterocycles. The van der Waals surface area contributed by atoms with E-state index in [-0.39, 0.29) is 21.7 Å². The molecular weight excluding hydrogens is 556 g/mol. The van der Waals surface area contributed by atoms with Crippen molar-refractivity contribution in [1.82, 2.24) is 0 Å². The largest absolute Gasteiger partial charge is 0.744 e. The third-order valence-electron chi connectivity index (χ3n) is 4.78. The van der Waals surface area contributed by atoms with Crippen LogP contribution in [0.3, 0.4) is 0 Å². The van der Waals surface area contributed by atoms with Gasteiger partial charge in [0.25, 0.3) is 0 Å². The van der Waals surface area contributed by atoms with Crippen LogP contribution in [-0.2, 0) is 20.2 Å². The first-order valence-corrected chi connectivity index (χ1v) is 14.6. The van der Waals surface area contributed by atoms with Crippen LogP contribution < -0.4 is 32.9 Å². The predicted molar refractivity (Wildman–Crippen MR) is 154 cm³/mol. The fraction of sp³-hybridized carbons (Fsp3) is 0.154. The van der Waals surface area contributed by atoms with Gasteiger partial charge < -0.3 is 9.11 Å². The fourth-order valence-corrected chi connectivity index (χ4v) is 4.07. The van der Waals surface area contributed by atoms with Crippen molar-refractivity contribution in [2.75, 3.05) is 13.1 Å². The summed E-state index contributed by atoms with van der Waals surface area (Å²) in [7, 11) is -8.69. The Morgan fingerprint density at radius 2 is 0.875 bits per heavy atom. The molecule has 0 bridgehead atoms. The lowest BCUT2D eigenvalue weighted by Gasteiger charge is -2.07. The minimum absolute atomic E-state index is 0.184. The van der Waals surface area contributed by atoms with Crippen molar-refractivity contribution in [3.63, 3.8) is 0 Å². The van der Waals surface area contributed by atoms with Gasteiger partial charge in [-0.1, -0.05) is 60.7 Å². The second kappa shape index (κ2) is 16.0. The molecule has 4 rings (SSSR count). The van der Waals surface area contributed by atoms with Crippen LogP contribution >= 0.6 is 0 Å². The van der Waals surface area contributed by atoms with Crippen LogP contribution in [0.4, 0.5) is 0 Å². The summed E-state index contributed by atoms with van der Waals surface area (Å²) in [6.07, 6.45) is 0. The van der Waals surface area contributed by atoms with Gasteiger partial charge in [0.15, 0.2) is 0 Å². The summed E-state index contributed by atoms with van der Waals surface area (Å²) >= 11 is 0. The normalized spacial score (nSPS) is 10.5. The van der Waals surface area contributed by atoms with Gasteiger partial charge in [0.05, 0.1) is 22.9 Å². The zero-order chi connectivity index (χ0) is 30.3. The average molecular weight is 591 g/mol. The maximum absolute atomic E-state index is 10.7. The molecule has 0 saturated heterocycles. The molecule has 0 aromatic heterocycles. The van der Waals surface area contributed by atoms with Crippen molar-refractivity contribution < 1.29 is 35.9 Å². The van der Waals surface area contributed by atoms with Crippen LogP contribution in [0.15, 0.2) is 94.7 Å². The lowest BCUT2D eigenvalue weighted by Crippen LogP contribution is -2.77. The van der Waals surface area contributed by atoms with Gasteiger partial charge >= 0.3 is 11.9 Å². The highest BCUT2D eigenvalue weighted by molar-refractivity contribution is 7.86. The van der Waals surface area contributed by atoms with Gasteiger partial charge in [0.2, 0.25) is 0 Å². The highest BCUT2D eigenvalue weighted by atomic mass is 32.2. The number of guanidine groups is 2. The molecule has 40 heavy (non-hydrogen) atoms. The highest BCUT2D eigenvalue weighted by Crippen LogP contribution is 2.19. The molecule has 10 N–H and O–H groups in total. The van der Waals surface area contributed by atoms with E-state index in [0.717, 1.165) is 34.6 Å². The summed E-state index contributed by atoms with van der Waals surface area (Å²) in [6.45, 7) is 5.45. The maximum Gasteiger partial charge on any atom is 0.338 e. The smallest absolute Gasteiger partial charge is 0.338 e. The molecule has 4 aromatic rings. The molecule has 0 fully saturated rings. The zero-order valence-corrected chi connectivity index (χ0v) is 23.7. The van der Waals surface area contributed by atoms with E-state index in [4.69, 9.17) is 22.9 Å². The molecule has 0 atom stereocenters. The number of rotatable bonds is 4. The van der Waals surface area contributed by atoms with Crippen molar-refractivity contribution in [2.24, 2.45) is 22.9 Å². The number of nitrogens with one attached hydrogen (secondary N) is 2. The van der Waals surface area contributed by atoms with Gasteiger partial charge in [-0.2, -0.15) is 0 Å². The topological polar surface area (TPSA) is 246 Å². The molecular formula is C26H34N6O6S2. The minimum atomic E-state index is -4.34. The molecule has 0 saturated carbocycles. The molecule has 0 unspecified atom stereocenters. The summed E-state index contributed by atoms with van der Waals surface area (Å²) in [6, 6.07) is 23.2. The van der Waals surface area contributed by atoms with Gasteiger partial charge in [0.1, 0.15) is 20.2 Å². The second-order valence-electron chi connectivity index (χ2n) is 7.90. The number of hydrogen-bond acceptors (Lipinski definition) is 6. The Labute approximate surface area is 233 Å². The van der Waals surface area contributed by atoms with Gasteiger partial charge in [-0.25, -0.2) is 16.8 Å². The second-order valence-corrected chi connectivity index (χ2v) is 10.7. The molecule has 0 aliphatic rings. The number of nitrogens with two attached hydrogens (primary N) is 4. The van der Waals surface area contributed by atoms with Gasteiger partial charge in [-0.15, -0.1) is 0 Å². The zero-order valence-electron chi connectivity index (χ0n) is 22.1. The van der Waals surface area contributed by atoms with Crippen LogP contribution in [0.5, 0.6) is 0 Å². The van der Waals surface area contributed by atoms with Crippen molar-refractivity contribution in [3.8, 4) is 0 Å². The number of fused-ring (bicyclic) bond motifs is 2. The summed E-state index contributed by atoms with van der Waals surface area (Å²) in [5.41, 5.74) is 19.9. The Hall–Kier alpha value is -4.24. The molecule has 0 spiro atoms. The van der Waals surface area contributed by atoms with Crippen LogP contribution in [-0.4, -0.2) is 50.9 Å². The Kier molecular flexibility index (Phi) is 13.5. The third-order valence-corrected chi connectivity index (χ3v) is 6.44. The Balaban J connectivity index is 0.000000290. The van der Waals surface area contributed by atoms with Crippen molar-refractivity contribution in [2.45, 2.75) is 23.6 Å². The number of benzene rings is 4. The Morgan fingerprint density at radius 3 is 1.10 bits per heavy atom. The monoisotopic (exact) mass is 590 g/mol. The van der Waals surface area contributed by atoms with Gasteiger partial charge in [-0.05, 0) is 59.7 Å². The van der Waals surface area contributed by atoms with E-state index in [1.54, 1.807) is 36.4 Å². The van der Waals surface area contributed by atoms with E-state index in [0.29, 0.717) is 0 Å². The number of hydrogen-bond donors (Lipinski definition) is 6. The van der Waals surface area contributed by atoms with E-state index >= 15 is 0 Å². The first-order valence-electron chi connectivity index (χ1n) is 11.8. The molecule has 0 amide bonds. The highest BCUT2D eigenvalue weighted by Gasteiger charge is 2.02. The minimum Gasteiger partial charge on any atom is -0.744 e. The van der Waals surface area contributed by atoms with Gasteiger partial charge in [-0.3, -0.25) is 32.9 Å². The fourth-order valence-electron chi connectivity index (χ4n) is 3.05. The summed E-state index contributed by atoms with van der Waals surface area (Å²) < 4.78 is 64.3. The molecule has 14 heteroatoms. The average Bonchev–Trinajstić information content (AvgIpc) is 2.88. The van der Waals surface area contributed by atoms with Crippen LogP contribution in [0.1, 0.15) is 13.8 Å². The van der Waals surface area contributed by atoms with Crippen LogP contribution in [0.2, 0.25) is 0 Å². The van der Waals surface area contributed by atoms with E-state index in [1.165, 1.54) is 24.3 Å². The lowest BCUT2D eigenvalue weighted by atomic mass is 10.1. The summed E-state index contributed by atoms with van der Waals surface area (Å²) in [5.74, 6) is 0.579. The first kappa shape index (κ1) is 33.8. The van der Waals surface area contributed by atoms with Crippen LogP contribution in [0.25, 0.3) is 21.5 Å². The van der Waals surface area contributed by atoms with Crippen molar-refractivity contribution >= 4 is 53.7 Å². The van der Waals surface area contributed by atoms with E-state index < -0.39 is 20.2 Å². The Bertz CT molecular complexity index is 1540. The third kappa shape index (κ3) is 12.5. The predicted octanol–water partition coefficient (Wildman–Crippen LogP) is -1.79. The lowest BCUT2D eigenvalue weighted by molar-refractivity contribution is -0.454. The van der Waals surface area contributed by atoms with E-state index in [1.807, 2.05) is 38.1 Å². The SMILES string of the molecule is CC[NH+]=C(N)N.CC[NH+]=C(N)N.O=S(=O)([O-])c1ccc2ccccc2c1.O=S(=O)([O-])c1ccc2ccccc2c1. The molecule has 0 radical (unpaired) electrons. The summed E-state index contributed by atoms with van der Waals surface area (Å²) in [4.78, 5) is 4.99. The Morgan fingerprint density at radius 1 is 0.575 bits per heavy atom. The molecule has 216 valence electrons. The quantitative estimate of drug-likeness (QED) is 0.0884. The first-order chi connectivity index (χ1) is 18.7. The molecule has 4 aromatic carbocycles. The van der Waals surface area contributed by atoms with Crippen molar-refractivity contribution in [3.05, 3.63) is 84.9 Å².